The lowest BCUT2D eigenvalue weighted by Gasteiger charge is -2.32. The van der Waals surface area contributed by atoms with Gasteiger partial charge < -0.3 is 4.52 Å². The van der Waals surface area contributed by atoms with Gasteiger partial charge in [-0.05, 0) is 51.1 Å². The Balaban J connectivity index is 1.32. The van der Waals surface area contributed by atoms with Crippen LogP contribution in [0.1, 0.15) is 69.2 Å². The molecule has 0 bridgehead atoms. The van der Waals surface area contributed by atoms with E-state index in [1.165, 1.54) is 18.4 Å². The minimum atomic E-state index is -0.0934. The summed E-state index contributed by atoms with van der Waals surface area (Å²) in [6.07, 6.45) is 8.57. The van der Waals surface area contributed by atoms with Gasteiger partial charge in [0.15, 0.2) is 0 Å². The first kappa shape index (κ1) is 19.4. The summed E-state index contributed by atoms with van der Waals surface area (Å²) in [5.74, 6) is 1.64. The smallest absolute Gasteiger partial charge is 0.253 e. The van der Waals surface area contributed by atoms with Crippen LogP contribution in [0.2, 0.25) is 0 Å². The van der Waals surface area contributed by atoms with Crippen LogP contribution in [-0.2, 0) is 31.3 Å². The molecule has 152 valence electrons. The summed E-state index contributed by atoms with van der Waals surface area (Å²) in [5.41, 5.74) is 3.34. The summed E-state index contributed by atoms with van der Waals surface area (Å²) in [4.78, 5) is 19.5. The quantitative estimate of drug-likeness (QED) is 0.809. The predicted molar refractivity (Wildman–Crippen MR) is 108 cm³/mol. The van der Waals surface area contributed by atoms with Crippen molar-refractivity contribution in [3.63, 3.8) is 0 Å². The van der Waals surface area contributed by atoms with Gasteiger partial charge in [-0.15, -0.1) is 0 Å². The number of hydrogen-bond donors (Lipinski definition) is 0. The molecule has 28 heavy (non-hydrogen) atoms. The summed E-state index contributed by atoms with van der Waals surface area (Å²) in [5, 5.41) is 4.35. The third kappa shape index (κ3) is 4.22. The molecule has 6 nitrogen and oxygen atoms in total. The van der Waals surface area contributed by atoms with Crippen LogP contribution in [0.25, 0.3) is 0 Å². The van der Waals surface area contributed by atoms with Crippen molar-refractivity contribution >= 4 is 0 Å². The zero-order valence-electron chi connectivity index (χ0n) is 17.4. The Morgan fingerprint density at radius 2 is 1.93 bits per heavy atom. The van der Waals surface area contributed by atoms with E-state index in [1.807, 2.05) is 0 Å². The average molecular weight is 385 g/mol. The van der Waals surface area contributed by atoms with Crippen molar-refractivity contribution in [2.24, 2.45) is 5.92 Å². The second-order valence-corrected chi connectivity index (χ2v) is 9.47. The number of hydrogen-bond acceptors (Lipinski definition) is 5. The Kier molecular flexibility index (Phi) is 5.41. The van der Waals surface area contributed by atoms with Crippen LogP contribution in [0.15, 0.2) is 21.7 Å². The van der Waals surface area contributed by atoms with E-state index < -0.39 is 0 Å². The molecule has 2 aromatic rings. The number of fused-ring (bicyclic) bond motifs is 1. The molecule has 0 N–H and O–H groups in total. The highest BCUT2D eigenvalue weighted by Gasteiger charge is 2.25. The minimum Gasteiger partial charge on any atom is -0.361 e. The molecule has 0 radical (unpaired) electrons. The van der Waals surface area contributed by atoms with Crippen LogP contribution in [-0.4, -0.2) is 32.7 Å². The Morgan fingerprint density at radius 3 is 2.64 bits per heavy atom. The molecule has 1 aliphatic carbocycles. The van der Waals surface area contributed by atoms with E-state index in [4.69, 9.17) is 4.52 Å². The molecule has 1 aliphatic heterocycles. The van der Waals surface area contributed by atoms with Gasteiger partial charge >= 0.3 is 0 Å². The Morgan fingerprint density at radius 1 is 1.18 bits per heavy atom. The van der Waals surface area contributed by atoms with Crippen molar-refractivity contribution in [1.29, 1.82) is 0 Å². The zero-order chi connectivity index (χ0) is 19.7. The molecular weight excluding hydrogens is 352 g/mol. The molecule has 0 amide bonds. The molecule has 1 fully saturated rings. The molecular formula is C22H32N4O2. The first-order valence-corrected chi connectivity index (χ1v) is 10.7. The van der Waals surface area contributed by atoms with Crippen LogP contribution in [0, 0.1) is 5.92 Å². The van der Waals surface area contributed by atoms with Crippen LogP contribution in [0.5, 0.6) is 0 Å². The summed E-state index contributed by atoms with van der Waals surface area (Å²) in [6, 6.07) is 1.70. The second-order valence-electron chi connectivity index (χ2n) is 9.47. The maximum Gasteiger partial charge on any atom is 0.253 e. The molecule has 3 heterocycles. The fraction of sp³-hybridized carbons (Fsp3) is 0.682. The van der Waals surface area contributed by atoms with Gasteiger partial charge in [0.05, 0.1) is 12.0 Å². The van der Waals surface area contributed by atoms with Crippen molar-refractivity contribution < 1.29 is 4.52 Å². The van der Waals surface area contributed by atoms with E-state index in [-0.39, 0.29) is 11.0 Å². The molecule has 0 spiro atoms. The lowest BCUT2D eigenvalue weighted by molar-refractivity contribution is 0.162. The number of rotatable bonds is 4. The Labute approximate surface area is 166 Å². The summed E-state index contributed by atoms with van der Waals surface area (Å²) in [7, 11) is 0. The minimum absolute atomic E-state index is 0.0663. The monoisotopic (exact) mass is 384 g/mol. The van der Waals surface area contributed by atoms with Crippen molar-refractivity contribution in [2.75, 3.05) is 13.1 Å². The van der Waals surface area contributed by atoms with Crippen LogP contribution < -0.4 is 5.56 Å². The maximum atomic E-state index is 12.5. The highest BCUT2D eigenvalue weighted by molar-refractivity contribution is 5.25. The number of aromatic nitrogens is 3. The number of nitrogens with zero attached hydrogens (tertiary/aromatic N) is 4. The average Bonchev–Trinajstić information content (AvgIpc) is 3.07. The van der Waals surface area contributed by atoms with Crippen molar-refractivity contribution in [3.8, 4) is 0 Å². The Bertz CT molecular complexity index is 869. The molecule has 0 atom stereocenters. The maximum absolute atomic E-state index is 12.5. The van der Waals surface area contributed by atoms with Gasteiger partial charge in [-0.1, -0.05) is 25.9 Å². The van der Waals surface area contributed by atoms with E-state index in [2.05, 4.69) is 35.8 Å². The summed E-state index contributed by atoms with van der Waals surface area (Å²) in [6.45, 7) is 10.0. The van der Waals surface area contributed by atoms with Crippen molar-refractivity contribution in [3.05, 3.63) is 45.5 Å². The number of likely N-dealkylation sites (tertiary alicyclic amines) is 1. The molecule has 2 aromatic heterocycles. The third-order valence-corrected chi connectivity index (χ3v) is 6.21. The normalized spacial score (nSPS) is 19.0. The highest BCUT2D eigenvalue weighted by Crippen LogP contribution is 2.27. The molecule has 2 aliphatic rings. The number of aryl methyl sites for hydroxylation is 1. The van der Waals surface area contributed by atoms with Gasteiger partial charge in [-0.3, -0.25) is 14.3 Å². The van der Waals surface area contributed by atoms with Gasteiger partial charge in [0, 0.05) is 36.6 Å². The van der Waals surface area contributed by atoms with Crippen LogP contribution in [0.3, 0.4) is 0 Å². The zero-order valence-corrected chi connectivity index (χ0v) is 17.4. The molecule has 0 unspecified atom stereocenters. The lowest BCUT2D eigenvalue weighted by atomic mass is 9.92. The number of piperidine rings is 1. The predicted octanol–water partition coefficient (Wildman–Crippen LogP) is 3.32. The van der Waals surface area contributed by atoms with E-state index in [0.29, 0.717) is 5.92 Å². The van der Waals surface area contributed by atoms with Gasteiger partial charge in [0.25, 0.3) is 5.56 Å². The topological polar surface area (TPSA) is 64.2 Å². The van der Waals surface area contributed by atoms with E-state index in [9.17, 15) is 4.79 Å². The van der Waals surface area contributed by atoms with Gasteiger partial charge in [-0.25, -0.2) is 4.98 Å². The van der Waals surface area contributed by atoms with Gasteiger partial charge in [0.2, 0.25) is 0 Å². The summed E-state index contributed by atoms with van der Waals surface area (Å²) >= 11 is 0. The van der Waals surface area contributed by atoms with Crippen molar-refractivity contribution in [2.45, 2.75) is 77.8 Å². The fourth-order valence-corrected chi connectivity index (χ4v) is 4.36. The van der Waals surface area contributed by atoms with Gasteiger partial charge in [-0.2, -0.15) is 0 Å². The molecule has 6 heteroatoms. The molecule has 1 saturated heterocycles. The molecule has 0 aromatic carbocycles. The fourth-order valence-electron chi connectivity index (χ4n) is 4.36. The first-order valence-electron chi connectivity index (χ1n) is 10.7. The van der Waals surface area contributed by atoms with E-state index in [1.54, 1.807) is 17.0 Å². The highest BCUT2D eigenvalue weighted by atomic mass is 16.5. The Hall–Kier alpha value is -1.95. The molecule has 4 rings (SSSR count). The van der Waals surface area contributed by atoms with Crippen molar-refractivity contribution in [1.82, 2.24) is 19.6 Å². The van der Waals surface area contributed by atoms with E-state index >= 15 is 0 Å². The van der Waals surface area contributed by atoms with Crippen LogP contribution in [0.4, 0.5) is 0 Å². The third-order valence-electron chi connectivity index (χ3n) is 6.21. The van der Waals surface area contributed by atoms with Gasteiger partial charge in [0.1, 0.15) is 11.5 Å². The SMILES string of the molecule is CC(C)(C)c1cc(=O)n(CC2CCN(Cc3noc4c3CCCC4)CC2)cn1. The van der Waals surface area contributed by atoms with Crippen LogP contribution >= 0.6 is 0 Å². The summed E-state index contributed by atoms with van der Waals surface area (Å²) < 4.78 is 7.34. The second kappa shape index (κ2) is 7.82. The lowest BCUT2D eigenvalue weighted by Crippen LogP contribution is -2.36. The first-order chi connectivity index (χ1) is 13.4. The standard InChI is InChI=1S/C22H32N4O2/c1-22(2,3)20-12-21(27)26(15-23-20)13-16-8-10-25(11-9-16)14-18-17-6-4-5-7-19(17)28-24-18/h12,15-16H,4-11,13-14H2,1-3H3. The largest absolute Gasteiger partial charge is 0.361 e. The van der Waals surface area contributed by atoms with E-state index in [0.717, 1.165) is 69.0 Å². The molecule has 0 saturated carbocycles.